The Morgan fingerprint density at radius 2 is 1.94 bits per heavy atom. The highest BCUT2D eigenvalue weighted by Gasteiger charge is 2.34. The Morgan fingerprint density at radius 3 is 2.62 bits per heavy atom. The number of carbonyl (C=O) groups is 2. The van der Waals surface area contributed by atoms with Crippen LogP contribution in [0, 0.1) is 11.3 Å². The van der Waals surface area contributed by atoms with E-state index in [-0.39, 0.29) is 17.2 Å². The van der Waals surface area contributed by atoms with Gasteiger partial charge in [0.2, 0.25) is 0 Å². The van der Waals surface area contributed by atoms with E-state index in [1.165, 1.54) is 16.2 Å². The van der Waals surface area contributed by atoms with Gasteiger partial charge >= 0.3 is 0 Å². The van der Waals surface area contributed by atoms with Crippen LogP contribution in [0.3, 0.4) is 0 Å². The number of halogens is 1. The van der Waals surface area contributed by atoms with E-state index < -0.39 is 0 Å². The lowest BCUT2D eigenvalue weighted by Gasteiger charge is -2.33. The number of thiophene rings is 1. The van der Waals surface area contributed by atoms with Crippen molar-refractivity contribution in [2.45, 2.75) is 46.6 Å². The number of carbonyl (C=O) groups excluding carboxylic acids is 2. The molecule has 3 aromatic rings. The Hall–Kier alpha value is -2.57. The van der Waals surface area contributed by atoms with Crippen LogP contribution in [0.25, 0.3) is 0 Å². The highest BCUT2D eigenvalue weighted by molar-refractivity contribution is 7.17. The van der Waals surface area contributed by atoms with Crippen molar-refractivity contribution in [1.82, 2.24) is 5.32 Å². The number of furan rings is 1. The zero-order valence-corrected chi connectivity index (χ0v) is 20.0. The van der Waals surface area contributed by atoms with Crippen molar-refractivity contribution in [1.29, 1.82) is 0 Å². The summed E-state index contributed by atoms with van der Waals surface area (Å²) in [7, 11) is 0. The van der Waals surface area contributed by atoms with Gasteiger partial charge in [-0.15, -0.1) is 11.3 Å². The molecule has 5 nitrogen and oxygen atoms in total. The zero-order chi connectivity index (χ0) is 22.9. The predicted molar refractivity (Wildman–Crippen MR) is 129 cm³/mol. The molecule has 0 fully saturated rings. The van der Waals surface area contributed by atoms with Crippen LogP contribution in [0.5, 0.6) is 0 Å². The largest absolute Gasteiger partial charge is 0.467 e. The number of fused-ring (bicyclic) bond motifs is 1. The SMILES string of the molecule is CC(C)(C)[C@@H]1CCc2c(sc(NC(=O)c3ccccc3Cl)c2C(=O)NCc2ccco2)C1. The molecule has 2 heterocycles. The Bertz CT molecular complexity index is 1130. The first-order chi connectivity index (χ1) is 15.2. The summed E-state index contributed by atoms with van der Waals surface area (Å²) >= 11 is 7.72. The summed E-state index contributed by atoms with van der Waals surface area (Å²) in [6.45, 7) is 7.06. The van der Waals surface area contributed by atoms with Gasteiger partial charge in [0.05, 0.1) is 29.0 Å². The Morgan fingerprint density at radius 1 is 1.16 bits per heavy atom. The number of nitrogens with one attached hydrogen (secondary N) is 2. The first-order valence-corrected chi connectivity index (χ1v) is 11.9. The molecule has 1 aromatic carbocycles. The van der Waals surface area contributed by atoms with Gasteiger partial charge in [-0.3, -0.25) is 9.59 Å². The van der Waals surface area contributed by atoms with Crippen molar-refractivity contribution in [2.75, 3.05) is 5.32 Å². The molecule has 2 amide bonds. The Labute approximate surface area is 197 Å². The fourth-order valence-corrected chi connectivity index (χ4v) is 5.68. The molecular formula is C25H27ClN2O3S. The van der Waals surface area contributed by atoms with Crippen LogP contribution in [0.1, 0.15) is 64.1 Å². The quantitative estimate of drug-likeness (QED) is 0.457. The highest BCUT2D eigenvalue weighted by atomic mass is 35.5. The monoisotopic (exact) mass is 470 g/mol. The molecule has 2 aromatic heterocycles. The van der Waals surface area contributed by atoms with Gasteiger partial charge < -0.3 is 15.1 Å². The van der Waals surface area contributed by atoms with E-state index in [9.17, 15) is 9.59 Å². The van der Waals surface area contributed by atoms with Gasteiger partial charge in [0.15, 0.2) is 0 Å². The lowest BCUT2D eigenvalue weighted by molar-refractivity contribution is 0.0947. The van der Waals surface area contributed by atoms with Gasteiger partial charge in [-0.05, 0) is 60.4 Å². The number of rotatable bonds is 5. The van der Waals surface area contributed by atoms with Crippen molar-refractivity contribution < 1.29 is 14.0 Å². The fraction of sp³-hybridized carbons (Fsp3) is 0.360. The molecule has 1 aliphatic carbocycles. The van der Waals surface area contributed by atoms with Gasteiger partial charge in [0.25, 0.3) is 11.8 Å². The minimum Gasteiger partial charge on any atom is -0.467 e. The summed E-state index contributed by atoms with van der Waals surface area (Å²) in [6.07, 6.45) is 4.32. The van der Waals surface area contributed by atoms with E-state index >= 15 is 0 Å². The van der Waals surface area contributed by atoms with Gasteiger partial charge in [0.1, 0.15) is 10.8 Å². The van der Waals surface area contributed by atoms with E-state index in [1.807, 2.05) is 6.07 Å². The van der Waals surface area contributed by atoms with Crippen LogP contribution in [-0.2, 0) is 19.4 Å². The van der Waals surface area contributed by atoms with Crippen molar-refractivity contribution in [3.63, 3.8) is 0 Å². The average Bonchev–Trinajstić information content (AvgIpc) is 3.38. The summed E-state index contributed by atoms with van der Waals surface area (Å²) in [5.41, 5.74) is 2.17. The van der Waals surface area contributed by atoms with Gasteiger partial charge in [-0.25, -0.2) is 0 Å². The van der Waals surface area contributed by atoms with Crippen LogP contribution in [0.4, 0.5) is 5.00 Å². The molecule has 0 spiro atoms. The number of hydrogen-bond donors (Lipinski definition) is 2. The minimum absolute atomic E-state index is 0.185. The van der Waals surface area contributed by atoms with E-state index in [0.29, 0.717) is 39.4 Å². The molecule has 0 bridgehead atoms. The Kier molecular flexibility index (Phi) is 6.45. The lowest BCUT2D eigenvalue weighted by Crippen LogP contribution is -2.28. The molecule has 2 N–H and O–H groups in total. The topological polar surface area (TPSA) is 71.3 Å². The third-order valence-electron chi connectivity index (χ3n) is 6.07. The first-order valence-electron chi connectivity index (χ1n) is 10.7. The molecule has 0 saturated heterocycles. The van der Waals surface area contributed by atoms with Crippen LogP contribution < -0.4 is 10.6 Å². The van der Waals surface area contributed by atoms with Crippen LogP contribution >= 0.6 is 22.9 Å². The summed E-state index contributed by atoms with van der Waals surface area (Å²) in [6, 6.07) is 10.5. The van der Waals surface area contributed by atoms with Crippen LogP contribution in [-0.4, -0.2) is 11.8 Å². The van der Waals surface area contributed by atoms with E-state index in [0.717, 1.165) is 24.8 Å². The average molecular weight is 471 g/mol. The second-order valence-corrected chi connectivity index (χ2v) is 10.7. The van der Waals surface area contributed by atoms with Crippen molar-refractivity contribution >= 4 is 39.8 Å². The maximum atomic E-state index is 13.2. The van der Waals surface area contributed by atoms with E-state index in [2.05, 4.69) is 31.4 Å². The molecule has 0 saturated carbocycles. The summed E-state index contributed by atoms with van der Waals surface area (Å²) < 4.78 is 5.33. The lowest BCUT2D eigenvalue weighted by atomic mass is 9.72. The van der Waals surface area contributed by atoms with Crippen molar-refractivity contribution in [2.24, 2.45) is 11.3 Å². The molecule has 7 heteroatoms. The maximum absolute atomic E-state index is 13.2. The molecular weight excluding hydrogens is 444 g/mol. The summed E-state index contributed by atoms with van der Waals surface area (Å²) in [4.78, 5) is 27.4. The summed E-state index contributed by atoms with van der Waals surface area (Å²) in [5.74, 6) is 0.681. The molecule has 32 heavy (non-hydrogen) atoms. The minimum atomic E-state index is -0.318. The molecule has 168 valence electrons. The third kappa shape index (κ3) is 4.76. The third-order valence-corrected chi connectivity index (χ3v) is 7.57. The van der Waals surface area contributed by atoms with Crippen LogP contribution in [0.2, 0.25) is 5.02 Å². The van der Waals surface area contributed by atoms with Gasteiger partial charge in [0, 0.05) is 4.88 Å². The number of benzene rings is 1. The molecule has 1 atom stereocenters. The molecule has 0 unspecified atom stereocenters. The first kappa shape index (κ1) is 22.6. The van der Waals surface area contributed by atoms with E-state index in [4.69, 9.17) is 16.0 Å². The second-order valence-electron chi connectivity index (χ2n) is 9.21. The fourth-order valence-electron chi connectivity index (χ4n) is 4.14. The predicted octanol–water partition coefficient (Wildman–Crippen LogP) is 6.33. The molecule has 0 aliphatic heterocycles. The highest BCUT2D eigenvalue weighted by Crippen LogP contribution is 2.44. The number of anilines is 1. The van der Waals surface area contributed by atoms with Crippen molar-refractivity contribution in [3.05, 3.63) is 75.0 Å². The molecule has 4 rings (SSSR count). The molecule has 0 radical (unpaired) electrons. The maximum Gasteiger partial charge on any atom is 0.257 e. The summed E-state index contributed by atoms with van der Waals surface area (Å²) in [5, 5.41) is 6.86. The zero-order valence-electron chi connectivity index (χ0n) is 18.5. The normalized spacial score (nSPS) is 15.8. The smallest absolute Gasteiger partial charge is 0.257 e. The standard InChI is InChI=1S/C25H27ClN2O3S/c1-25(2,3)15-10-11-18-20(13-15)32-24(28-22(29)17-8-4-5-9-19(17)26)21(18)23(30)27-14-16-7-6-12-31-16/h4-9,12,15H,10-11,13-14H2,1-3H3,(H,27,30)(H,28,29)/t15-/m1/s1. The van der Waals surface area contributed by atoms with Crippen molar-refractivity contribution in [3.8, 4) is 0 Å². The Balaban J connectivity index is 1.65. The van der Waals surface area contributed by atoms with E-state index in [1.54, 1.807) is 36.6 Å². The van der Waals surface area contributed by atoms with Gasteiger partial charge in [-0.1, -0.05) is 44.5 Å². The van der Waals surface area contributed by atoms with Gasteiger partial charge in [-0.2, -0.15) is 0 Å². The number of hydrogen-bond acceptors (Lipinski definition) is 4. The second kappa shape index (κ2) is 9.12. The molecule has 1 aliphatic rings. The van der Waals surface area contributed by atoms with Crippen LogP contribution in [0.15, 0.2) is 47.1 Å². The number of amides is 2.